The van der Waals surface area contributed by atoms with Gasteiger partial charge in [-0.25, -0.2) is 9.97 Å². The molecule has 0 amide bonds. The predicted octanol–water partition coefficient (Wildman–Crippen LogP) is 3.40. The maximum atomic E-state index is 5.45. The largest absolute Gasteiger partial charge is 0.339 e. The highest BCUT2D eigenvalue weighted by Crippen LogP contribution is 2.22. The minimum Gasteiger partial charge on any atom is -0.339 e. The van der Waals surface area contributed by atoms with Crippen molar-refractivity contribution in [2.24, 2.45) is 5.92 Å². The minimum atomic E-state index is 0.592. The van der Waals surface area contributed by atoms with Gasteiger partial charge >= 0.3 is 0 Å². The molecule has 1 aromatic carbocycles. The van der Waals surface area contributed by atoms with Crippen molar-refractivity contribution >= 4 is 11.0 Å². The van der Waals surface area contributed by atoms with Gasteiger partial charge < -0.3 is 9.84 Å². The standard InChI is InChI=1S/C21H22N6O/c1-2-4-18-17(3-1)24-14-27(18)19-7-6-16(13-23-19)21-25-20(28-26-21)8-5-15-9-11-22-12-10-15/h1-4,6-7,13-15,22H,5,8-12H2. The number of nitrogens with one attached hydrogen (secondary N) is 1. The number of benzene rings is 1. The van der Waals surface area contributed by atoms with Crippen LogP contribution in [0.5, 0.6) is 0 Å². The zero-order valence-electron chi connectivity index (χ0n) is 15.6. The summed E-state index contributed by atoms with van der Waals surface area (Å²) in [5, 5.41) is 7.53. The van der Waals surface area contributed by atoms with Crippen LogP contribution in [0.2, 0.25) is 0 Å². The molecule has 1 fully saturated rings. The molecule has 1 N–H and O–H groups in total. The highest BCUT2D eigenvalue weighted by atomic mass is 16.5. The van der Waals surface area contributed by atoms with Crippen LogP contribution in [0.25, 0.3) is 28.2 Å². The second-order valence-corrected chi connectivity index (χ2v) is 7.25. The quantitative estimate of drug-likeness (QED) is 0.577. The molecule has 0 spiro atoms. The van der Waals surface area contributed by atoms with Crippen molar-refractivity contribution in [3.63, 3.8) is 0 Å². The summed E-state index contributed by atoms with van der Waals surface area (Å²) in [5.74, 6) is 2.86. The maximum Gasteiger partial charge on any atom is 0.226 e. The first-order valence-corrected chi connectivity index (χ1v) is 9.79. The number of hydrogen-bond acceptors (Lipinski definition) is 6. The van der Waals surface area contributed by atoms with Crippen LogP contribution in [-0.2, 0) is 6.42 Å². The Hall–Kier alpha value is -3.06. The molecular formula is C21H22N6O. The predicted molar refractivity (Wildman–Crippen MR) is 106 cm³/mol. The van der Waals surface area contributed by atoms with Gasteiger partial charge in [-0.05, 0) is 62.5 Å². The molecule has 1 aliphatic rings. The van der Waals surface area contributed by atoms with Gasteiger partial charge in [-0.1, -0.05) is 17.3 Å². The fraction of sp³-hybridized carbons (Fsp3) is 0.333. The number of imidazole rings is 1. The third kappa shape index (κ3) is 3.41. The topological polar surface area (TPSA) is 81.7 Å². The smallest absolute Gasteiger partial charge is 0.226 e. The van der Waals surface area contributed by atoms with E-state index in [2.05, 4.69) is 25.4 Å². The van der Waals surface area contributed by atoms with Gasteiger partial charge in [0.1, 0.15) is 12.1 Å². The second-order valence-electron chi connectivity index (χ2n) is 7.25. The highest BCUT2D eigenvalue weighted by Gasteiger charge is 2.16. The van der Waals surface area contributed by atoms with Crippen molar-refractivity contribution in [2.75, 3.05) is 13.1 Å². The third-order valence-corrected chi connectivity index (χ3v) is 5.40. The van der Waals surface area contributed by atoms with Crippen LogP contribution in [0, 0.1) is 5.92 Å². The fourth-order valence-electron chi connectivity index (χ4n) is 3.77. The Balaban J connectivity index is 1.30. The summed E-state index contributed by atoms with van der Waals surface area (Å²) in [5.41, 5.74) is 2.83. The van der Waals surface area contributed by atoms with Gasteiger partial charge in [0.2, 0.25) is 11.7 Å². The molecule has 0 saturated carbocycles. The van der Waals surface area contributed by atoms with Crippen molar-refractivity contribution < 1.29 is 4.52 Å². The number of nitrogens with zero attached hydrogens (tertiary/aromatic N) is 5. The van der Waals surface area contributed by atoms with Crippen LogP contribution in [0.4, 0.5) is 0 Å². The molecule has 4 heterocycles. The number of rotatable bonds is 5. The first-order valence-electron chi connectivity index (χ1n) is 9.79. The van der Waals surface area contributed by atoms with Crippen molar-refractivity contribution in [3.05, 3.63) is 54.8 Å². The van der Waals surface area contributed by atoms with Crippen LogP contribution in [0.15, 0.2) is 53.4 Å². The summed E-state index contributed by atoms with van der Waals surface area (Å²) >= 11 is 0. The van der Waals surface area contributed by atoms with E-state index in [-0.39, 0.29) is 0 Å². The van der Waals surface area contributed by atoms with Gasteiger partial charge in [0.15, 0.2) is 0 Å². The first-order chi connectivity index (χ1) is 13.9. The lowest BCUT2D eigenvalue weighted by atomic mass is 9.93. The Morgan fingerprint density at radius 1 is 1.07 bits per heavy atom. The SMILES string of the molecule is c1ccc2c(c1)ncn2-c1ccc(-c2noc(CCC3CCNCC3)n2)cn1. The molecule has 28 heavy (non-hydrogen) atoms. The van der Waals surface area contributed by atoms with E-state index in [0.717, 1.165) is 54.3 Å². The Morgan fingerprint density at radius 2 is 1.96 bits per heavy atom. The molecular weight excluding hydrogens is 352 g/mol. The lowest BCUT2D eigenvalue weighted by molar-refractivity contribution is 0.324. The summed E-state index contributed by atoms with van der Waals surface area (Å²) in [6.45, 7) is 2.23. The van der Waals surface area contributed by atoms with Crippen LogP contribution in [-0.4, -0.2) is 37.8 Å². The Bertz CT molecular complexity index is 1060. The zero-order chi connectivity index (χ0) is 18.8. The van der Waals surface area contributed by atoms with Crippen molar-refractivity contribution in [1.29, 1.82) is 0 Å². The maximum absolute atomic E-state index is 5.45. The first kappa shape index (κ1) is 17.1. The lowest BCUT2D eigenvalue weighted by Gasteiger charge is -2.21. The molecule has 0 atom stereocenters. The molecule has 1 saturated heterocycles. The summed E-state index contributed by atoms with van der Waals surface area (Å²) in [4.78, 5) is 13.5. The second kappa shape index (κ2) is 7.52. The number of hydrogen-bond donors (Lipinski definition) is 1. The molecule has 4 aromatic rings. The molecule has 0 aliphatic carbocycles. The number of piperidine rings is 1. The number of aromatic nitrogens is 5. The monoisotopic (exact) mass is 374 g/mol. The summed E-state index contributed by atoms with van der Waals surface area (Å²) in [6, 6.07) is 11.9. The van der Waals surface area contributed by atoms with Crippen molar-refractivity contribution in [1.82, 2.24) is 30.0 Å². The van der Waals surface area contributed by atoms with E-state index in [1.807, 2.05) is 41.0 Å². The van der Waals surface area contributed by atoms with E-state index in [4.69, 9.17) is 4.52 Å². The van der Waals surface area contributed by atoms with E-state index in [1.165, 1.54) is 12.8 Å². The van der Waals surface area contributed by atoms with E-state index in [0.29, 0.717) is 11.7 Å². The van der Waals surface area contributed by atoms with Gasteiger partial charge in [-0.15, -0.1) is 0 Å². The Morgan fingerprint density at radius 3 is 2.82 bits per heavy atom. The Kier molecular flexibility index (Phi) is 4.58. The molecule has 3 aromatic heterocycles. The summed E-state index contributed by atoms with van der Waals surface area (Å²) < 4.78 is 7.42. The highest BCUT2D eigenvalue weighted by molar-refractivity contribution is 5.76. The normalized spacial score (nSPS) is 15.3. The average Bonchev–Trinajstić information content (AvgIpc) is 3.40. The number of fused-ring (bicyclic) bond motifs is 1. The molecule has 142 valence electrons. The van der Waals surface area contributed by atoms with Gasteiger partial charge in [0.05, 0.1) is 11.0 Å². The number of aryl methyl sites for hydroxylation is 1. The molecule has 7 heteroatoms. The Labute approximate surface area is 162 Å². The lowest BCUT2D eigenvalue weighted by Crippen LogP contribution is -2.27. The van der Waals surface area contributed by atoms with E-state index >= 15 is 0 Å². The summed E-state index contributed by atoms with van der Waals surface area (Å²) in [6.07, 6.45) is 7.98. The third-order valence-electron chi connectivity index (χ3n) is 5.40. The van der Waals surface area contributed by atoms with Gasteiger partial charge in [0.25, 0.3) is 0 Å². The molecule has 0 bridgehead atoms. The molecule has 0 unspecified atom stereocenters. The van der Waals surface area contributed by atoms with Gasteiger partial charge in [-0.3, -0.25) is 4.57 Å². The van der Waals surface area contributed by atoms with Crippen LogP contribution >= 0.6 is 0 Å². The molecule has 7 nitrogen and oxygen atoms in total. The zero-order valence-corrected chi connectivity index (χ0v) is 15.6. The van der Waals surface area contributed by atoms with E-state index in [1.54, 1.807) is 12.5 Å². The average molecular weight is 374 g/mol. The van der Waals surface area contributed by atoms with E-state index < -0.39 is 0 Å². The molecule has 0 radical (unpaired) electrons. The van der Waals surface area contributed by atoms with Gasteiger partial charge in [0, 0.05) is 18.2 Å². The van der Waals surface area contributed by atoms with Crippen LogP contribution in [0.3, 0.4) is 0 Å². The number of para-hydroxylation sites is 2. The minimum absolute atomic E-state index is 0.592. The van der Waals surface area contributed by atoms with Crippen molar-refractivity contribution in [2.45, 2.75) is 25.7 Å². The fourth-order valence-corrected chi connectivity index (χ4v) is 3.77. The summed E-state index contributed by atoms with van der Waals surface area (Å²) in [7, 11) is 0. The van der Waals surface area contributed by atoms with E-state index in [9.17, 15) is 0 Å². The van der Waals surface area contributed by atoms with Crippen LogP contribution < -0.4 is 5.32 Å². The molecule has 1 aliphatic heterocycles. The molecule has 5 rings (SSSR count). The van der Waals surface area contributed by atoms with Crippen LogP contribution in [0.1, 0.15) is 25.2 Å². The van der Waals surface area contributed by atoms with Gasteiger partial charge in [-0.2, -0.15) is 4.98 Å². The number of pyridine rings is 1. The van der Waals surface area contributed by atoms with Crippen molar-refractivity contribution in [3.8, 4) is 17.2 Å².